The molecule has 0 N–H and O–H groups in total. The molecular weight excluding hydrogens is 308 g/mol. The first-order valence-corrected chi connectivity index (χ1v) is 8.71. The van der Waals surface area contributed by atoms with Crippen molar-refractivity contribution >= 4 is 11.6 Å². The lowest BCUT2D eigenvalue weighted by Gasteiger charge is -2.00. The number of hydrogen-bond acceptors (Lipinski definition) is 5. The molecule has 0 heterocycles. The van der Waals surface area contributed by atoms with E-state index in [1.54, 1.807) is 21.1 Å². The van der Waals surface area contributed by atoms with Crippen LogP contribution in [0.25, 0.3) is 0 Å². The summed E-state index contributed by atoms with van der Waals surface area (Å²) < 4.78 is 14.6. The van der Waals surface area contributed by atoms with E-state index in [9.17, 15) is 9.59 Å². The molecule has 0 aromatic heterocycles. The highest BCUT2D eigenvalue weighted by molar-refractivity contribution is 5.75. The third-order valence-corrected chi connectivity index (χ3v) is 2.06. The number of carbonyl (C=O) groups is 2. The van der Waals surface area contributed by atoms with E-state index >= 15 is 0 Å². The average molecular weight is 351 g/mol. The molecule has 0 aliphatic heterocycles. The first-order valence-electron chi connectivity index (χ1n) is 8.71. The highest BCUT2D eigenvalue weighted by Crippen LogP contribution is 1.97. The molecule has 0 amide bonds. The maximum absolute atomic E-state index is 10.3. The summed E-state index contributed by atoms with van der Waals surface area (Å²) in [6.45, 7) is 15.7. The predicted molar refractivity (Wildman–Crippen MR) is 102 cm³/mol. The fraction of sp³-hybridized carbons (Fsp3) is 0.895. The van der Waals surface area contributed by atoms with Gasteiger partial charge < -0.3 is 23.8 Å². The molecule has 0 atom stereocenters. The second-order valence-corrected chi connectivity index (χ2v) is 5.81. The molecule has 0 bridgehead atoms. The summed E-state index contributed by atoms with van der Waals surface area (Å²) in [4.78, 5) is 19.7. The second-order valence-electron chi connectivity index (χ2n) is 5.81. The molecular formula is C19H42O5. The van der Waals surface area contributed by atoms with Crippen molar-refractivity contribution in [2.45, 2.75) is 67.7 Å². The Morgan fingerprint density at radius 2 is 1.12 bits per heavy atom. The van der Waals surface area contributed by atoms with Crippen LogP contribution >= 0.6 is 0 Å². The normalized spacial score (nSPS) is 8.92. The van der Waals surface area contributed by atoms with E-state index in [1.165, 1.54) is 26.7 Å². The van der Waals surface area contributed by atoms with E-state index < -0.39 is 0 Å². The van der Waals surface area contributed by atoms with Gasteiger partial charge in [0.2, 0.25) is 0 Å². The zero-order valence-corrected chi connectivity index (χ0v) is 17.6. The number of methoxy groups -OCH3 is 2. The Kier molecular flexibility index (Phi) is 39.0. The Morgan fingerprint density at radius 1 is 0.792 bits per heavy atom. The van der Waals surface area contributed by atoms with Crippen molar-refractivity contribution in [3.8, 4) is 0 Å². The SMILES string of the molecule is CC(=O)CC(C)C.CC(C)=O.CCCC.COCCOCCOC. The third-order valence-electron chi connectivity index (χ3n) is 2.06. The summed E-state index contributed by atoms with van der Waals surface area (Å²) in [6.07, 6.45) is 3.36. The van der Waals surface area contributed by atoms with Gasteiger partial charge in [0.05, 0.1) is 26.4 Å². The first kappa shape index (κ1) is 31.0. The molecule has 0 spiro atoms. The van der Waals surface area contributed by atoms with Gasteiger partial charge in [-0.25, -0.2) is 0 Å². The van der Waals surface area contributed by atoms with Crippen molar-refractivity contribution in [3.05, 3.63) is 0 Å². The van der Waals surface area contributed by atoms with Gasteiger partial charge in [0, 0.05) is 20.6 Å². The van der Waals surface area contributed by atoms with Gasteiger partial charge in [-0.05, 0) is 26.7 Å². The fourth-order valence-electron chi connectivity index (χ4n) is 0.961. The summed E-state index contributed by atoms with van der Waals surface area (Å²) in [7, 11) is 3.30. The van der Waals surface area contributed by atoms with Gasteiger partial charge >= 0.3 is 0 Å². The van der Waals surface area contributed by atoms with E-state index in [0.29, 0.717) is 32.3 Å². The van der Waals surface area contributed by atoms with Crippen LogP contribution in [-0.4, -0.2) is 52.2 Å². The molecule has 0 saturated heterocycles. The van der Waals surface area contributed by atoms with Crippen molar-refractivity contribution in [2.75, 3.05) is 40.6 Å². The van der Waals surface area contributed by atoms with Crippen molar-refractivity contribution in [1.29, 1.82) is 0 Å². The summed E-state index contributed by atoms with van der Waals surface area (Å²) >= 11 is 0. The van der Waals surface area contributed by atoms with Crippen LogP contribution in [0.3, 0.4) is 0 Å². The molecule has 0 unspecified atom stereocenters. The van der Waals surface area contributed by atoms with Crippen molar-refractivity contribution in [2.24, 2.45) is 5.92 Å². The van der Waals surface area contributed by atoms with Crippen LogP contribution in [0, 0.1) is 5.92 Å². The first-order chi connectivity index (χ1) is 11.2. The van der Waals surface area contributed by atoms with E-state index in [-0.39, 0.29) is 11.6 Å². The molecule has 5 nitrogen and oxygen atoms in total. The van der Waals surface area contributed by atoms with E-state index in [4.69, 9.17) is 14.2 Å². The summed E-state index contributed by atoms with van der Waals surface area (Å²) in [5.74, 6) is 0.979. The van der Waals surface area contributed by atoms with Crippen LogP contribution in [0.15, 0.2) is 0 Å². The molecule has 0 rings (SSSR count). The second kappa shape index (κ2) is 30.1. The topological polar surface area (TPSA) is 61.8 Å². The third kappa shape index (κ3) is 83.1. The van der Waals surface area contributed by atoms with Gasteiger partial charge in [-0.3, -0.25) is 0 Å². The average Bonchev–Trinajstić information content (AvgIpc) is 2.46. The standard InChI is InChI=1S/C6H14O3.C6H12O.C4H10.C3H6O/c1-7-3-5-9-6-4-8-2;1-5(2)4-6(3)7;1-3-4-2;1-3(2)4/h3-6H2,1-2H3;5H,4H2,1-3H3;3-4H2,1-2H3;1-2H3. The maximum Gasteiger partial charge on any atom is 0.130 e. The molecule has 0 saturated carbocycles. The largest absolute Gasteiger partial charge is 0.382 e. The van der Waals surface area contributed by atoms with Gasteiger partial charge in [-0.15, -0.1) is 0 Å². The maximum atomic E-state index is 10.3. The van der Waals surface area contributed by atoms with Crippen molar-refractivity contribution < 1.29 is 23.8 Å². The van der Waals surface area contributed by atoms with Crippen molar-refractivity contribution in [1.82, 2.24) is 0 Å². The Bertz CT molecular complexity index is 228. The minimum Gasteiger partial charge on any atom is -0.382 e. The van der Waals surface area contributed by atoms with Gasteiger partial charge in [0.25, 0.3) is 0 Å². The molecule has 148 valence electrons. The number of Topliss-reactive ketones (excluding diaryl/α,β-unsaturated/α-hetero) is 2. The van der Waals surface area contributed by atoms with E-state index in [0.717, 1.165) is 6.42 Å². The van der Waals surface area contributed by atoms with Crippen LogP contribution in [-0.2, 0) is 23.8 Å². The fourth-order valence-corrected chi connectivity index (χ4v) is 0.961. The summed E-state index contributed by atoms with van der Waals surface area (Å²) in [6, 6.07) is 0. The minimum atomic E-state index is 0.167. The monoisotopic (exact) mass is 350 g/mol. The van der Waals surface area contributed by atoms with Crippen LogP contribution < -0.4 is 0 Å². The lowest BCUT2D eigenvalue weighted by atomic mass is 10.1. The molecule has 0 aromatic carbocycles. The highest BCUT2D eigenvalue weighted by atomic mass is 16.5. The van der Waals surface area contributed by atoms with Gasteiger partial charge in [-0.1, -0.05) is 40.5 Å². The highest BCUT2D eigenvalue weighted by Gasteiger charge is 1.95. The Hall–Kier alpha value is -0.780. The van der Waals surface area contributed by atoms with Gasteiger partial charge in [0.15, 0.2) is 0 Å². The number of ether oxygens (including phenoxy) is 3. The summed E-state index contributed by atoms with van der Waals surface area (Å²) in [5.41, 5.74) is 0. The number of carbonyl (C=O) groups excluding carboxylic acids is 2. The lowest BCUT2D eigenvalue weighted by molar-refractivity contribution is -0.117. The smallest absolute Gasteiger partial charge is 0.130 e. The zero-order chi connectivity index (χ0) is 19.8. The molecule has 24 heavy (non-hydrogen) atoms. The Morgan fingerprint density at radius 3 is 1.25 bits per heavy atom. The van der Waals surface area contributed by atoms with Crippen LogP contribution in [0.1, 0.15) is 67.7 Å². The Balaban J connectivity index is -0.000000119. The zero-order valence-electron chi connectivity index (χ0n) is 17.6. The Labute approximate surface area is 150 Å². The molecule has 0 aliphatic carbocycles. The van der Waals surface area contributed by atoms with E-state index in [2.05, 4.69) is 13.8 Å². The number of rotatable bonds is 9. The van der Waals surface area contributed by atoms with Crippen LogP contribution in [0.5, 0.6) is 0 Å². The van der Waals surface area contributed by atoms with Gasteiger partial charge in [-0.2, -0.15) is 0 Å². The van der Waals surface area contributed by atoms with E-state index in [1.807, 2.05) is 13.8 Å². The summed E-state index contributed by atoms with van der Waals surface area (Å²) in [5, 5.41) is 0. The predicted octanol–water partition coefficient (Wildman–Crippen LogP) is 4.32. The van der Waals surface area contributed by atoms with Crippen molar-refractivity contribution in [3.63, 3.8) is 0 Å². The lowest BCUT2D eigenvalue weighted by Crippen LogP contribution is -2.06. The molecule has 0 aromatic rings. The number of hydrogen-bond donors (Lipinski definition) is 0. The van der Waals surface area contributed by atoms with Crippen LogP contribution in [0.4, 0.5) is 0 Å². The molecule has 0 fully saturated rings. The van der Waals surface area contributed by atoms with Gasteiger partial charge in [0.1, 0.15) is 11.6 Å². The van der Waals surface area contributed by atoms with Crippen LogP contribution in [0.2, 0.25) is 0 Å². The molecule has 0 radical (unpaired) electrons. The number of ketones is 2. The minimum absolute atomic E-state index is 0.167. The number of unbranched alkanes of at least 4 members (excludes halogenated alkanes) is 1. The molecule has 5 heteroatoms. The quantitative estimate of drug-likeness (QED) is 0.580. The molecule has 0 aliphatic rings.